The van der Waals surface area contributed by atoms with Gasteiger partial charge in [0.2, 0.25) is 11.1 Å². The molecule has 0 aliphatic carbocycles. The maximum Gasteiger partial charge on any atom is 0.233 e. The number of benzene rings is 2. The Morgan fingerprint density at radius 3 is 2.41 bits per heavy atom. The molecule has 1 heterocycles. The third-order valence-corrected chi connectivity index (χ3v) is 4.97. The van der Waals surface area contributed by atoms with Crippen LogP contribution < -0.4 is 4.90 Å². The highest BCUT2D eigenvalue weighted by atomic mass is 32.2. The Kier molecular flexibility index (Phi) is 6.08. The van der Waals surface area contributed by atoms with Crippen LogP contribution in [0.3, 0.4) is 0 Å². The van der Waals surface area contributed by atoms with Crippen LogP contribution >= 0.6 is 11.8 Å². The van der Waals surface area contributed by atoms with Crippen molar-refractivity contribution in [3.63, 3.8) is 0 Å². The van der Waals surface area contributed by atoms with Crippen molar-refractivity contribution < 1.29 is 4.79 Å². The molecular weight excluding hydrogens is 360 g/mol. The Bertz CT molecular complexity index is 879. The predicted octanol–water partition coefficient (Wildman–Crippen LogP) is 2.48. The topological polar surface area (TPSA) is 67.2 Å². The molecule has 0 spiro atoms. The van der Waals surface area contributed by atoms with E-state index in [1.165, 1.54) is 11.8 Å². The highest BCUT2D eigenvalue weighted by Crippen LogP contribution is 2.19. The molecule has 0 radical (unpaired) electrons. The first-order chi connectivity index (χ1) is 13.0. The van der Waals surface area contributed by atoms with Crippen molar-refractivity contribution >= 4 is 23.4 Å². The fraction of sp³-hybridized carbons (Fsp3) is 0.263. The summed E-state index contributed by atoms with van der Waals surface area (Å²) < 4.78 is 1.64. The maximum absolute atomic E-state index is 12.5. The number of thioether (sulfide) groups is 1. The second-order valence-corrected chi connectivity index (χ2v) is 7.25. The zero-order chi connectivity index (χ0) is 19.2. The van der Waals surface area contributed by atoms with Crippen molar-refractivity contribution in [1.82, 2.24) is 25.1 Å². The van der Waals surface area contributed by atoms with E-state index >= 15 is 0 Å². The number of aromatic nitrogens is 4. The van der Waals surface area contributed by atoms with Gasteiger partial charge in [-0.1, -0.05) is 42.1 Å². The second-order valence-electron chi connectivity index (χ2n) is 6.31. The van der Waals surface area contributed by atoms with Crippen molar-refractivity contribution in [2.45, 2.75) is 11.7 Å². The first kappa shape index (κ1) is 18.9. The zero-order valence-corrected chi connectivity index (χ0v) is 16.4. The number of hydrogen-bond acceptors (Lipinski definition) is 6. The van der Waals surface area contributed by atoms with Gasteiger partial charge in [0.15, 0.2) is 0 Å². The Morgan fingerprint density at radius 1 is 1.04 bits per heavy atom. The molecular formula is C19H22N6OS. The molecule has 0 unspecified atom stereocenters. The van der Waals surface area contributed by atoms with Gasteiger partial charge in [-0.25, -0.2) is 0 Å². The first-order valence-corrected chi connectivity index (χ1v) is 9.50. The van der Waals surface area contributed by atoms with Gasteiger partial charge in [0.05, 0.1) is 11.4 Å². The Hall–Kier alpha value is -2.87. The number of anilines is 1. The van der Waals surface area contributed by atoms with E-state index in [-0.39, 0.29) is 11.7 Å². The summed E-state index contributed by atoms with van der Waals surface area (Å²) in [5.41, 5.74) is 3.10. The predicted molar refractivity (Wildman–Crippen MR) is 107 cm³/mol. The van der Waals surface area contributed by atoms with Crippen LogP contribution in [-0.2, 0) is 11.3 Å². The van der Waals surface area contributed by atoms with E-state index in [9.17, 15) is 4.79 Å². The Balaban J connectivity index is 1.57. The fourth-order valence-electron chi connectivity index (χ4n) is 2.50. The molecule has 0 bridgehead atoms. The van der Waals surface area contributed by atoms with Crippen molar-refractivity contribution in [3.05, 3.63) is 60.2 Å². The number of hydrogen-bond donors (Lipinski definition) is 0. The molecule has 3 rings (SSSR count). The molecule has 0 saturated carbocycles. The standard InChI is InChI=1S/C19H22N6OS/c1-23(2)16-11-9-15(10-12-16)13-24(3)18(26)14-27-19-20-21-22-25(19)17-7-5-4-6-8-17/h4-12H,13-14H2,1-3H3. The summed E-state index contributed by atoms with van der Waals surface area (Å²) in [6.07, 6.45) is 0. The molecule has 7 nitrogen and oxygen atoms in total. The number of carbonyl (C=O) groups excluding carboxylic acids is 1. The lowest BCUT2D eigenvalue weighted by molar-refractivity contribution is -0.127. The quantitative estimate of drug-likeness (QED) is 0.585. The van der Waals surface area contributed by atoms with E-state index in [4.69, 9.17) is 0 Å². The summed E-state index contributed by atoms with van der Waals surface area (Å²) >= 11 is 1.33. The smallest absolute Gasteiger partial charge is 0.233 e. The summed E-state index contributed by atoms with van der Waals surface area (Å²) in [5.74, 6) is 0.304. The zero-order valence-electron chi connectivity index (χ0n) is 15.6. The summed E-state index contributed by atoms with van der Waals surface area (Å²) in [6.45, 7) is 0.566. The van der Waals surface area contributed by atoms with Gasteiger partial charge in [-0.05, 0) is 40.3 Å². The molecule has 0 fully saturated rings. The van der Waals surface area contributed by atoms with Crippen molar-refractivity contribution in [2.75, 3.05) is 31.8 Å². The molecule has 0 aliphatic rings. The van der Waals surface area contributed by atoms with Crippen LogP contribution in [0, 0.1) is 0 Å². The molecule has 1 aromatic heterocycles. The van der Waals surface area contributed by atoms with Crippen LogP contribution in [0.2, 0.25) is 0 Å². The van der Waals surface area contributed by atoms with Crippen LogP contribution in [0.25, 0.3) is 5.69 Å². The van der Waals surface area contributed by atoms with Gasteiger partial charge in [-0.3, -0.25) is 4.79 Å². The molecule has 1 amide bonds. The molecule has 3 aromatic rings. The van der Waals surface area contributed by atoms with Crippen LogP contribution in [0.4, 0.5) is 5.69 Å². The normalized spacial score (nSPS) is 10.6. The number of carbonyl (C=O) groups is 1. The van der Waals surface area contributed by atoms with Gasteiger partial charge in [0.1, 0.15) is 0 Å². The molecule has 8 heteroatoms. The Morgan fingerprint density at radius 2 is 1.74 bits per heavy atom. The summed E-state index contributed by atoms with van der Waals surface area (Å²) in [5, 5.41) is 12.3. The second kappa shape index (κ2) is 8.68. The van der Waals surface area contributed by atoms with E-state index < -0.39 is 0 Å². The highest BCUT2D eigenvalue weighted by molar-refractivity contribution is 7.99. The lowest BCUT2D eigenvalue weighted by Gasteiger charge is -2.18. The summed E-state index contributed by atoms with van der Waals surface area (Å²) in [6, 6.07) is 17.8. The third-order valence-electron chi connectivity index (χ3n) is 4.06. The van der Waals surface area contributed by atoms with E-state index in [2.05, 4.69) is 27.7 Å². The minimum absolute atomic E-state index is 0.0271. The van der Waals surface area contributed by atoms with E-state index in [0.29, 0.717) is 11.7 Å². The van der Waals surface area contributed by atoms with Gasteiger partial charge in [-0.15, -0.1) is 5.10 Å². The van der Waals surface area contributed by atoms with Crippen LogP contribution in [0.5, 0.6) is 0 Å². The number of nitrogens with zero attached hydrogens (tertiary/aromatic N) is 6. The monoisotopic (exact) mass is 382 g/mol. The van der Waals surface area contributed by atoms with E-state index in [1.54, 1.807) is 9.58 Å². The van der Waals surface area contributed by atoms with Gasteiger partial charge < -0.3 is 9.80 Å². The lowest BCUT2D eigenvalue weighted by atomic mass is 10.2. The maximum atomic E-state index is 12.5. The van der Waals surface area contributed by atoms with Gasteiger partial charge >= 0.3 is 0 Å². The van der Waals surface area contributed by atoms with Crippen LogP contribution in [0.15, 0.2) is 59.8 Å². The number of para-hydroxylation sites is 1. The minimum Gasteiger partial charge on any atom is -0.378 e. The Labute approximate surface area is 163 Å². The molecule has 0 saturated heterocycles. The van der Waals surface area contributed by atoms with Gasteiger partial charge in [-0.2, -0.15) is 4.68 Å². The molecule has 0 N–H and O–H groups in total. The highest BCUT2D eigenvalue weighted by Gasteiger charge is 2.14. The average molecular weight is 382 g/mol. The largest absolute Gasteiger partial charge is 0.378 e. The molecule has 140 valence electrons. The first-order valence-electron chi connectivity index (χ1n) is 8.51. The third kappa shape index (κ3) is 4.85. The van der Waals surface area contributed by atoms with E-state index in [0.717, 1.165) is 16.9 Å². The summed E-state index contributed by atoms with van der Waals surface area (Å²) in [4.78, 5) is 16.2. The SMILES string of the molecule is CN(Cc1ccc(N(C)C)cc1)C(=O)CSc1nnnn1-c1ccccc1. The molecule has 0 aliphatic heterocycles. The van der Waals surface area contributed by atoms with Crippen LogP contribution in [0.1, 0.15) is 5.56 Å². The number of tetrazole rings is 1. The number of amides is 1. The van der Waals surface area contributed by atoms with Crippen molar-refractivity contribution in [3.8, 4) is 5.69 Å². The molecule has 27 heavy (non-hydrogen) atoms. The number of rotatable bonds is 7. The molecule has 0 atom stereocenters. The fourth-order valence-corrected chi connectivity index (χ4v) is 3.33. The molecule has 2 aromatic carbocycles. The van der Waals surface area contributed by atoms with Crippen LogP contribution in [-0.4, -0.2) is 57.9 Å². The van der Waals surface area contributed by atoms with Gasteiger partial charge in [0.25, 0.3) is 0 Å². The summed E-state index contributed by atoms with van der Waals surface area (Å²) in [7, 11) is 5.82. The minimum atomic E-state index is 0.0271. The average Bonchev–Trinajstić information content (AvgIpc) is 3.15. The lowest BCUT2D eigenvalue weighted by Crippen LogP contribution is -2.28. The van der Waals surface area contributed by atoms with Crippen molar-refractivity contribution in [1.29, 1.82) is 0 Å². The van der Waals surface area contributed by atoms with Crippen molar-refractivity contribution in [2.24, 2.45) is 0 Å². The van der Waals surface area contributed by atoms with E-state index in [1.807, 2.05) is 68.5 Å². The van der Waals surface area contributed by atoms with Gasteiger partial charge in [0, 0.05) is 33.4 Å².